The fourth-order valence-electron chi connectivity index (χ4n) is 1.79. The van der Waals surface area contributed by atoms with E-state index in [1.165, 1.54) is 6.07 Å². The predicted octanol–water partition coefficient (Wildman–Crippen LogP) is 2.53. The average molecular weight is 257 g/mol. The molecule has 1 unspecified atom stereocenters. The summed E-state index contributed by atoms with van der Waals surface area (Å²) >= 11 is 1.57. The van der Waals surface area contributed by atoms with E-state index in [-0.39, 0.29) is 11.9 Å². The largest absolute Gasteiger partial charge is 0.382 e. The van der Waals surface area contributed by atoms with Crippen molar-refractivity contribution in [3.63, 3.8) is 0 Å². The summed E-state index contributed by atoms with van der Waals surface area (Å²) in [5, 5.41) is 0. The molecule has 1 N–H and O–H groups in total. The Morgan fingerprint density at radius 1 is 1.47 bits per heavy atom. The number of rotatable bonds is 5. The fourth-order valence-corrected chi connectivity index (χ4v) is 2.93. The van der Waals surface area contributed by atoms with Gasteiger partial charge in [-0.1, -0.05) is 12.1 Å². The molecule has 1 atom stereocenters. The van der Waals surface area contributed by atoms with Crippen LogP contribution in [0.5, 0.6) is 0 Å². The van der Waals surface area contributed by atoms with Gasteiger partial charge in [0.15, 0.2) is 0 Å². The van der Waals surface area contributed by atoms with Crippen LogP contribution in [-0.2, 0) is 9.57 Å². The lowest BCUT2D eigenvalue weighted by Gasteiger charge is -2.25. The normalized spacial score (nSPS) is 19.1. The van der Waals surface area contributed by atoms with Gasteiger partial charge in [0.1, 0.15) is 5.82 Å². The van der Waals surface area contributed by atoms with E-state index in [0.29, 0.717) is 13.2 Å². The summed E-state index contributed by atoms with van der Waals surface area (Å²) in [5.74, 6) is 0.759. The molecule has 0 fully saturated rings. The lowest BCUT2D eigenvalue weighted by Crippen LogP contribution is -2.26. The molecular weight excluding hydrogens is 241 g/mol. The lowest BCUT2D eigenvalue weighted by molar-refractivity contribution is -0.0137. The van der Waals surface area contributed by atoms with Crippen LogP contribution < -0.4 is 5.48 Å². The fraction of sp³-hybridized carbons (Fsp3) is 0.500. The number of hydrogen-bond donors (Lipinski definition) is 1. The Kier molecular flexibility index (Phi) is 4.79. The van der Waals surface area contributed by atoms with Gasteiger partial charge in [-0.3, -0.25) is 4.84 Å². The second-order valence-electron chi connectivity index (χ2n) is 3.81. The number of hydroxylamine groups is 1. The maximum Gasteiger partial charge on any atom is 0.137 e. The number of hydrogen-bond acceptors (Lipinski definition) is 4. The first-order chi connectivity index (χ1) is 8.33. The highest BCUT2D eigenvalue weighted by atomic mass is 32.2. The number of fused-ring (bicyclic) bond motifs is 1. The summed E-state index contributed by atoms with van der Waals surface area (Å²) in [7, 11) is 1.63. The third kappa shape index (κ3) is 3.19. The van der Waals surface area contributed by atoms with Crippen LogP contribution >= 0.6 is 11.8 Å². The topological polar surface area (TPSA) is 30.5 Å². The van der Waals surface area contributed by atoms with Crippen LogP contribution in [0.4, 0.5) is 4.39 Å². The molecule has 0 radical (unpaired) electrons. The van der Waals surface area contributed by atoms with Crippen molar-refractivity contribution in [1.82, 2.24) is 5.48 Å². The Bertz CT molecular complexity index is 376. The average Bonchev–Trinajstić information content (AvgIpc) is 2.36. The van der Waals surface area contributed by atoms with Crippen molar-refractivity contribution in [2.45, 2.75) is 17.4 Å². The zero-order valence-corrected chi connectivity index (χ0v) is 10.6. The molecule has 0 saturated carbocycles. The minimum Gasteiger partial charge on any atom is -0.382 e. The minimum atomic E-state index is -0.143. The molecule has 1 aromatic rings. The van der Waals surface area contributed by atoms with Crippen molar-refractivity contribution in [3.05, 3.63) is 29.6 Å². The maximum atomic E-state index is 13.6. The van der Waals surface area contributed by atoms with Crippen LogP contribution in [-0.4, -0.2) is 26.1 Å². The Morgan fingerprint density at radius 3 is 3.18 bits per heavy atom. The summed E-state index contributed by atoms with van der Waals surface area (Å²) in [5.41, 5.74) is 3.96. The lowest BCUT2D eigenvalue weighted by atomic mass is 10.0. The number of benzene rings is 1. The molecule has 0 aliphatic carbocycles. The Labute approximate surface area is 105 Å². The molecule has 0 spiro atoms. The zero-order valence-electron chi connectivity index (χ0n) is 9.74. The third-order valence-corrected chi connectivity index (χ3v) is 3.80. The minimum absolute atomic E-state index is 0.0683. The Hall–Kier alpha value is -0.620. The molecule has 0 bridgehead atoms. The van der Waals surface area contributed by atoms with Crippen molar-refractivity contribution >= 4 is 11.8 Å². The first kappa shape index (κ1) is 12.8. The summed E-state index contributed by atoms with van der Waals surface area (Å²) in [6, 6.07) is 5.25. The molecule has 1 aliphatic heterocycles. The van der Waals surface area contributed by atoms with Crippen LogP contribution in [0.2, 0.25) is 0 Å². The van der Waals surface area contributed by atoms with E-state index >= 15 is 0 Å². The molecule has 2 rings (SSSR count). The van der Waals surface area contributed by atoms with Gasteiger partial charge in [-0.25, -0.2) is 4.39 Å². The van der Waals surface area contributed by atoms with Crippen molar-refractivity contribution < 1.29 is 14.0 Å². The number of ether oxygens (including phenoxy) is 1. The number of thioether (sulfide) groups is 1. The van der Waals surface area contributed by atoms with Gasteiger partial charge in [0.2, 0.25) is 0 Å². The van der Waals surface area contributed by atoms with E-state index < -0.39 is 0 Å². The molecule has 94 valence electrons. The first-order valence-electron chi connectivity index (χ1n) is 5.60. The smallest absolute Gasteiger partial charge is 0.137 e. The molecule has 5 heteroatoms. The number of methoxy groups -OCH3 is 1. The van der Waals surface area contributed by atoms with Crippen LogP contribution in [0.1, 0.15) is 18.0 Å². The van der Waals surface area contributed by atoms with Gasteiger partial charge >= 0.3 is 0 Å². The third-order valence-electron chi connectivity index (χ3n) is 2.64. The van der Waals surface area contributed by atoms with Gasteiger partial charge in [0.25, 0.3) is 0 Å². The molecule has 1 heterocycles. The molecule has 0 saturated heterocycles. The number of nitrogens with one attached hydrogen (secondary N) is 1. The molecular formula is C12H16FNO2S. The van der Waals surface area contributed by atoms with Crippen LogP contribution in [0.25, 0.3) is 0 Å². The second-order valence-corrected chi connectivity index (χ2v) is 4.91. The van der Waals surface area contributed by atoms with Crippen LogP contribution in [0.3, 0.4) is 0 Å². The van der Waals surface area contributed by atoms with Gasteiger partial charge < -0.3 is 4.74 Å². The van der Waals surface area contributed by atoms with Crippen molar-refractivity contribution in [2.24, 2.45) is 0 Å². The highest BCUT2D eigenvalue weighted by Crippen LogP contribution is 2.37. The van der Waals surface area contributed by atoms with Crippen LogP contribution in [0, 0.1) is 5.82 Å². The Balaban J connectivity index is 1.99. The molecule has 1 aliphatic rings. The molecule has 3 nitrogen and oxygen atoms in total. The summed E-state index contributed by atoms with van der Waals surface area (Å²) in [4.78, 5) is 6.05. The van der Waals surface area contributed by atoms with Gasteiger partial charge in [-0.2, -0.15) is 5.48 Å². The van der Waals surface area contributed by atoms with Crippen LogP contribution in [0.15, 0.2) is 23.1 Å². The van der Waals surface area contributed by atoms with E-state index in [4.69, 9.17) is 9.57 Å². The standard InChI is InChI=1S/C12H16FNO2S/c1-15-6-7-16-14-11-5-8-17-12-9(11)3-2-4-10(12)13/h2-4,11,14H,5-8H2,1H3. The van der Waals surface area contributed by atoms with E-state index in [0.717, 1.165) is 22.6 Å². The van der Waals surface area contributed by atoms with Gasteiger partial charge in [-0.15, -0.1) is 11.8 Å². The maximum absolute atomic E-state index is 13.6. The monoisotopic (exact) mass is 257 g/mol. The summed E-state index contributed by atoms with van der Waals surface area (Å²) in [6.45, 7) is 1.04. The van der Waals surface area contributed by atoms with Gasteiger partial charge in [-0.05, 0) is 18.1 Å². The molecule has 0 amide bonds. The summed E-state index contributed by atoms with van der Waals surface area (Å²) < 4.78 is 18.5. The zero-order chi connectivity index (χ0) is 12.1. The quantitative estimate of drug-likeness (QED) is 0.648. The van der Waals surface area contributed by atoms with Gasteiger partial charge in [0.05, 0.1) is 19.3 Å². The van der Waals surface area contributed by atoms with E-state index in [1.807, 2.05) is 6.07 Å². The van der Waals surface area contributed by atoms with E-state index in [2.05, 4.69) is 5.48 Å². The number of halogens is 1. The SMILES string of the molecule is COCCONC1CCSc2c(F)cccc21. The summed E-state index contributed by atoms with van der Waals surface area (Å²) in [6.07, 6.45) is 0.939. The molecule has 17 heavy (non-hydrogen) atoms. The van der Waals surface area contributed by atoms with E-state index in [9.17, 15) is 4.39 Å². The Morgan fingerprint density at radius 2 is 2.35 bits per heavy atom. The molecule has 1 aromatic carbocycles. The molecule has 0 aromatic heterocycles. The predicted molar refractivity (Wildman–Crippen MR) is 65.4 cm³/mol. The highest BCUT2D eigenvalue weighted by molar-refractivity contribution is 7.99. The van der Waals surface area contributed by atoms with Crippen molar-refractivity contribution in [3.8, 4) is 0 Å². The highest BCUT2D eigenvalue weighted by Gasteiger charge is 2.22. The second kappa shape index (κ2) is 6.35. The van der Waals surface area contributed by atoms with E-state index in [1.54, 1.807) is 24.9 Å². The van der Waals surface area contributed by atoms with Crippen molar-refractivity contribution in [1.29, 1.82) is 0 Å². The van der Waals surface area contributed by atoms with Gasteiger partial charge in [0, 0.05) is 17.8 Å². The van der Waals surface area contributed by atoms with Crippen molar-refractivity contribution in [2.75, 3.05) is 26.1 Å². The first-order valence-corrected chi connectivity index (χ1v) is 6.59.